The van der Waals surface area contributed by atoms with Gasteiger partial charge in [-0.15, -0.1) is 0 Å². The van der Waals surface area contributed by atoms with E-state index in [4.69, 9.17) is 10.5 Å². The summed E-state index contributed by atoms with van der Waals surface area (Å²) in [6.45, 7) is 11.5. The van der Waals surface area contributed by atoms with Gasteiger partial charge in [-0.3, -0.25) is 0 Å². The van der Waals surface area contributed by atoms with Gasteiger partial charge < -0.3 is 15.8 Å². The highest BCUT2D eigenvalue weighted by molar-refractivity contribution is 4.73. The number of hydrogen-bond acceptors (Lipinski definition) is 3. The third-order valence-electron chi connectivity index (χ3n) is 2.90. The molecule has 0 aliphatic rings. The van der Waals surface area contributed by atoms with Gasteiger partial charge in [0.2, 0.25) is 0 Å². The number of ether oxygens (including phenoxy) is 1. The molecule has 3 heteroatoms. The molecule has 3 N–H and O–H groups in total. The van der Waals surface area contributed by atoms with Crippen molar-refractivity contribution in [3.8, 4) is 0 Å². The summed E-state index contributed by atoms with van der Waals surface area (Å²) in [6.07, 6.45) is 0.141. The van der Waals surface area contributed by atoms with Gasteiger partial charge >= 0.3 is 0 Å². The van der Waals surface area contributed by atoms with E-state index in [-0.39, 0.29) is 6.10 Å². The van der Waals surface area contributed by atoms with Gasteiger partial charge in [0.1, 0.15) is 0 Å². The minimum absolute atomic E-state index is 0.141. The van der Waals surface area contributed by atoms with Crippen molar-refractivity contribution in [2.45, 2.75) is 33.8 Å². The molecule has 14 heavy (non-hydrogen) atoms. The number of rotatable bonds is 6. The molecule has 0 fully saturated rings. The number of hydrogen-bond donors (Lipinski definition) is 2. The molecule has 0 saturated carbocycles. The average molecular weight is 202 g/mol. The van der Waals surface area contributed by atoms with Crippen LogP contribution in [0.2, 0.25) is 0 Å². The van der Waals surface area contributed by atoms with E-state index in [2.05, 4.69) is 33.0 Å². The van der Waals surface area contributed by atoms with Gasteiger partial charge in [-0.05, 0) is 17.9 Å². The highest BCUT2D eigenvalue weighted by Crippen LogP contribution is 2.24. The summed E-state index contributed by atoms with van der Waals surface area (Å²) in [7, 11) is 1.70. The molecule has 2 atom stereocenters. The van der Waals surface area contributed by atoms with E-state index in [9.17, 15) is 0 Å². The summed E-state index contributed by atoms with van der Waals surface area (Å²) in [5.41, 5.74) is 5.88. The van der Waals surface area contributed by atoms with E-state index in [0.717, 1.165) is 13.1 Å². The first-order valence-corrected chi connectivity index (χ1v) is 5.35. The molecular formula is C11H26N2O. The fourth-order valence-corrected chi connectivity index (χ4v) is 1.03. The lowest BCUT2D eigenvalue weighted by molar-refractivity contribution is 0.105. The zero-order valence-corrected chi connectivity index (χ0v) is 10.3. The van der Waals surface area contributed by atoms with Crippen molar-refractivity contribution in [1.82, 2.24) is 5.32 Å². The molecule has 0 rings (SSSR count). The number of methoxy groups -OCH3 is 1. The van der Waals surface area contributed by atoms with Crippen LogP contribution in [0.3, 0.4) is 0 Å². The first-order chi connectivity index (χ1) is 6.41. The number of nitrogens with one attached hydrogen (secondary N) is 1. The smallest absolute Gasteiger partial charge is 0.0817 e. The van der Waals surface area contributed by atoms with E-state index in [1.807, 2.05) is 0 Å². The Balaban J connectivity index is 3.63. The Morgan fingerprint density at radius 1 is 1.29 bits per heavy atom. The van der Waals surface area contributed by atoms with E-state index in [1.54, 1.807) is 7.11 Å². The molecule has 0 bridgehead atoms. The second kappa shape index (κ2) is 6.38. The van der Waals surface area contributed by atoms with Crippen molar-refractivity contribution < 1.29 is 4.74 Å². The highest BCUT2D eigenvalue weighted by atomic mass is 16.5. The molecule has 0 aromatic rings. The molecule has 3 nitrogen and oxygen atoms in total. The molecule has 0 saturated heterocycles. The minimum Gasteiger partial charge on any atom is -0.379 e. The summed E-state index contributed by atoms with van der Waals surface area (Å²) in [4.78, 5) is 0. The van der Waals surface area contributed by atoms with Gasteiger partial charge in [0.15, 0.2) is 0 Å². The van der Waals surface area contributed by atoms with Gasteiger partial charge in [-0.2, -0.15) is 0 Å². The van der Waals surface area contributed by atoms with Gasteiger partial charge in [0.05, 0.1) is 6.10 Å². The molecule has 0 aliphatic heterocycles. The Morgan fingerprint density at radius 3 is 2.21 bits per heavy atom. The Kier molecular flexibility index (Phi) is 6.33. The monoisotopic (exact) mass is 202 g/mol. The Labute approximate surface area is 88.4 Å². The van der Waals surface area contributed by atoms with Crippen molar-refractivity contribution in [2.24, 2.45) is 17.1 Å². The van der Waals surface area contributed by atoms with E-state index in [1.165, 1.54) is 0 Å². The van der Waals surface area contributed by atoms with Crippen LogP contribution in [-0.4, -0.2) is 32.8 Å². The van der Waals surface area contributed by atoms with Gasteiger partial charge in [0.25, 0.3) is 0 Å². The van der Waals surface area contributed by atoms with Gasteiger partial charge in [0, 0.05) is 20.2 Å². The lowest BCUT2D eigenvalue weighted by atomic mass is 9.82. The average Bonchev–Trinajstić information content (AvgIpc) is 2.10. The quantitative estimate of drug-likeness (QED) is 0.681. The third-order valence-corrected chi connectivity index (χ3v) is 2.90. The fraction of sp³-hybridized carbons (Fsp3) is 1.00. The summed E-state index contributed by atoms with van der Waals surface area (Å²) in [6, 6.07) is 0. The van der Waals surface area contributed by atoms with Crippen molar-refractivity contribution >= 4 is 0 Å². The SMILES string of the molecule is COC(CN)CNCC(C)C(C)(C)C. The maximum Gasteiger partial charge on any atom is 0.0817 e. The molecule has 86 valence electrons. The van der Waals surface area contributed by atoms with Crippen LogP contribution in [0.5, 0.6) is 0 Å². The first-order valence-electron chi connectivity index (χ1n) is 5.35. The normalized spacial score (nSPS) is 16.7. The Bertz CT molecular complexity index is 139. The summed E-state index contributed by atoms with van der Waals surface area (Å²) in [5.74, 6) is 0.651. The van der Waals surface area contributed by atoms with Crippen LogP contribution >= 0.6 is 0 Å². The molecule has 0 amide bonds. The number of nitrogens with two attached hydrogens (primary N) is 1. The van der Waals surface area contributed by atoms with Crippen molar-refractivity contribution in [3.63, 3.8) is 0 Å². The maximum atomic E-state index is 5.52. The van der Waals surface area contributed by atoms with Crippen LogP contribution in [0.25, 0.3) is 0 Å². The highest BCUT2D eigenvalue weighted by Gasteiger charge is 2.19. The summed E-state index contributed by atoms with van der Waals surface area (Å²) >= 11 is 0. The van der Waals surface area contributed by atoms with Crippen molar-refractivity contribution in [3.05, 3.63) is 0 Å². The minimum atomic E-state index is 0.141. The van der Waals surface area contributed by atoms with Crippen LogP contribution in [0, 0.1) is 11.3 Å². The predicted molar refractivity (Wildman–Crippen MR) is 61.3 cm³/mol. The maximum absolute atomic E-state index is 5.52. The van der Waals surface area contributed by atoms with Crippen molar-refractivity contribution in [1.29, 1.82) is 0 Å². The molecule has 0 radical (unpaired) electrons. The molecule has 0 aliphatic carbocycles. The van der Waals surface area contributed by atoms with Gasteiger partial charge in [-0.1, -0.05) is 27.7 Å². The summed E-state index contributed by atoms with van der Waals surface area (Å²) < 4.78 is 5.18. The lowest BCUT2D eigenvalue weighted by Crippen LogP contribution is -2.38. The van der Waals surface area contributed by atoms with Crippen LogP contribution in [-0.2, 0) is 4.74 Å². The second-order valence-corrected chi connectivity index (χ2v) is 5.02. The van der Waals surface area contributed by atoms with Crippen LogP contribution < -0.4 is 11.1 Å². The standard InChI is InChI=1S/C11H26N2O/c1-9(11(2,3)4)7-13-8-10(6-12)14-5/h9-10,13H,6-8,12H2,1-5H3. The molecule has 0 aromatic carbocycles. The van der Waals surface area contributed by atoms with Crippen LogP contribution in [0.1, 0.15) is 27.7 Å². The molecule has 0 heterocycles. The Morgan fingerprint density at radius 2 is 1.86 bits per heavy atom. The second-order valence-electron chi connectivity index (χ2n) is 5.02. The fourth-order valence-electron chi connectivity index (χ4n) is 1.03. The first kappa shape index (κ1) is 13.9. The molecular weight excluding hydrogens is 176 g/mol. The van der Waals surface area contributed by atoms with E-state index < -0.39 is 0 Å². The zero-order valence-electron chi connectivity index (χ0n) is 10.3. The van der Waals surface area contributed by atoms with E-state index in [0.29, 0.717) is 17.9 Å². The Hall–Kier alpha value is -0.120. The van der Waals surface area contributed by atoms with Crippen molar-refractivity contribution in [2.75, 3.05) is 26.7 Å². The van der Waals surface area contributed by atoms with Gasteiger partial charge in [-0.25, -0.2) is 0 Å². The summed E-state index contributed by atoms with van der Waals surface area (Å²) in [5, 5.41) is 3.39. The van der Waals surface area contributed by atoms with E-state index >= 15 is 0 Å². The zero-order chi connectivity index (χ0) is 11.2. The molecule has 0 aromatic heterocycles. The largest absolute Gasteiger partial charge is 0.379 e. The topological polar surface area (TPSA) is 47.3 Å². The van der Waals surface area contributed by atoms with Crippen LogP contribution in [0.15, 0.2) is 0 Å². The third kappa shape index (κ3) is 5.58. The molecule has 2 unspecified atom stereocenters. The van der Waals surface area contributed by atoms with Crippen LogP contribution in [0.4, 0.5) is 0 Å². The predicted octanol–water partition coefficient (Wildman–Crippen LogP) is 1.23. The lowest BCUT2D eigenvalue weighted by Gasteiger charge is -2.28. The molecule has 0 spiro atoms.